The van der Waals surface area contributed by atoms with Crippen LogP contribution in [-0.4, -0.2) is 12.2 Å². The van der Waals surface area contributed by atoms with E-state index in [9.17, 15) is 4.79 Å². The van der Waals surface area contributed by atoms with Crippen LogP contribution in [0.1, 0.15) is 27.7 Å². The molecule has 0 aliphatic heterocycles. The minimum Gasteiger partial charge on any atom is -0.446 e. The number of hydrogen-bond donors (Lipinski definition) is 1. The molecule has 0 saturated heterocycles. The van der Waals surface area contributed by atoms with Crippen molar-refractivity contribution in [2.45, 2.75) is 33.9 Å². The average Bonchev–Trinajstić information content (AvgIpc) is 1.60. The first kappa shape index (κ1) is 9.43. The Morgan fingerprint density at radius 3 is 2.00 bits per heavy atom. The molecule has 0 saturated carbocycles. The van der Waals surface area contributed by atoms with Crippen molar-refractivity contribution in [3.05, 3.63) is 0 Å². The van der Waals surface area contributed by atoms with Crippen LogP contribution in [0.5, 0.6) is 0 Å². The Balaban J connectivity index is 3.85. The number of rotatable bonds is 1. The lowest BCUT2D eigenvalue weighted by molar-refractivity contribution is -0.151. The largest absolute Gasteiger partial charge is 0.446 e. The van der Waals surface area contributed by atoms with Crippen LogP contribution in [0.2, 0.25) is 0 Å². The number of carbonyl (C=O) groups excluding carboxylic acids is 1. The Labute approximate surface area is 61.5 Å². The molecule has 0 rings (SSSR count). The van der Waals surface area contributed by atoms with E-state index in [0.717, 1.165) is 0 Å². The van der Waals surface area contributed by atoms with Gasteiger partial charge in [-0.25, -0.2) is 0 Å². The highest BCUT2D eigenvalue weighted by molar-refractivity contribution is 5.66. The molecule has 0 bridgehead atoms. The van der Waals surface area contributed by atoms with Gasteiger partial charge in [-0.15, -0.1) is 0 Å². The highest BCUT2D eigenvalue weighted by Crippen LogP contribution is 2.17. The normalized spacial score (nSPS) is 14.5. The third kappa shape index (κ3) is 3.45. The number of ether oxygens (including phenoxy) is 1. The molecular weight excluding hydrogens is 130 g/mol. The van der Waals surface area contributed by atoms with E-state index in [1.807, 2.05) is 20.8 Å². The lowest BCUT2D eigenvalue weighted by Crippen LogP contribution is -2.38. The number of carbonyl (C=O) groups is 1. The van der Waals surface area contributed by atoms with Gasteiger partial charge in [0.1, 0.15) is 0 Å². The summed E-state index contributed by atoms with van der Waals surface area (Å²) in [5.41, 5.74) is 5.33. The van der Waals surface area contributed by atoms with Crippen molar-refractivity contribution in [1.82, 2.24) is 0 Å². The van der Waals surface area contributed by atoms with Crippen molar-refractivity contribution in [1.29, 1.82) is 0 Å². The summed E-state index contributed by atoms with van der Waals surface area (Å²) in [6, 6.07) is 0. The molecule has 0 aromatic carbocycles. The zero-order chi connectivity index (χ0) is 8.36. The fourth-order valence-corrected chi connectivity index (χ4v) is 0.356. The molecule has 0 aromatic rings. The number of nitrogens with two attached hydrogens (primary N) is 1. The van der Waals surface area contributed by atoms with E-state index in [1.165, 1.54) is 6.92 Å². The molecule has 0 radical (unpaired) electrons. The first-order valence-corrected chi connectivity index (χ1v) is 3.27. The second-order valence-corrected chi connectivity index (χ2v) is 3.40. The minimum absolute atomic E-state index is 0.175. The summed E-state index contributed by atoms with van der Waals surface area (Å²) in [4.78, 5) is 10.4. The van der Waals surface area contributed by atoms with Crippen LogP contribution in [-0.2, 0) is 9.53 Å². The van der Waals surface area contributed by atoms with E-state index >= 15 is 0 Å². The van der Waals surface area contributed by atoms with Crippen LogP contribution in [0, 0.1) is 5.41 Å². The summed E-state index contributed by atoms with van der Waals surface area (Å²) in [5, 5.41) is 0. The monoisotopic (exact) mass is 145 g/mol. The summed E-state index contributed by atoms with van der Waals surface area (Å²) in [7, 11) is 0. The van der Waals surface area contributed by atoms with Crippen molar-refractivity contribution in [2.75, 3.05) is 0 Å². The molecule has 60 valence electrons. The standard InChI is InChI=1S/C7H15NO2/c1-5(9)10-6(8)7(2,3)4/h6H,8H2,1-4H3. The first-order chi connectivity index (χ1) is 4.34. The molecule has 0 aliphatic carbocycles. The fourth-order valence-electron chi connectivity index (χ4n) is 0.356. The van der Waals surface area contributed by atoms with Gasteiger partial charge in [0, 0.05) is 12.3 Å². The van der Waals surface area contributed by atoms with Crippen LogP contribution >= 0.6 is 0 Å². The molecule has 3 heteroatoms. The summed E-state index contributed by atoms with van der Waals surface area (Å²) in [6.45, 7) is 7.10. The summed E-state index contributed by atoms with van der Waals surface area (Å²) in [5.74, 6) is -0.331. The topological polar surface area (TPSA) is 52.3 Å². The van der Waals surface area contributed by atoms with Crippen molar-refractivity contribution in [2.24, 2.45) is 11.1 Å². The third-order valence-electron chi connectivity index (χ3n) is 1.15. The van der Waals surface area contributed by atoms with E-state index in [-0.39, 0.29) is 11.4 Å². The zero-order valence-electron chi connectivity index (χ0n) is 6.97. The lowest BCUT2D eigenvalue weighted by Gasteiger charge is -2.25. The average molecular weight is 145 g/mol. The van der Waals surface area contributed by atoms with Crippen LogP contribution in [0.25, 0.3) is 0 Å². The van der Waals surface area contributed by atoms with E-state index < -0.39 is 6.23 Å². The van der Waals surface area contributed by atoms with Gasteiger partial charge in [0.05, 0.1) is 0 Å². The molecule has 2 N–H and O–H groups in total. The molecule has 1 unspecified atom stereocenters. The summed E-state index contributed by atoms with van der Waals surface area (Å²) in [6.07, 6.45) is -0.509. The predicted molar refractivity (Wildman–Crippen MR) is 39.2 cm³/mol. The lowest BCUT2D eigenvalue weighted by atomic mass is 9.95. The van der Waals surface area contributed by atoms with Crippen LogP contribution in [0.15, 0.2) is 0 Å². The van der Waals surface area contributed by atoms with Gasteiger partial charge in [-0.2, -0.15) is 0 Å². The molecular formula is C7H15NO2. The Bertz CT molecular complexity index is 126. The fraction of sp³-hybridized carbons (Fsp3) is 0.857. The first-order valence-electron chi connectivity index (χ1n) is 3.27. The van der Waals surface area contributed by atoms with Gasteiger partial charge in [0.15, 0.2) is 6.23 Å². The highest BCUT2D eigenvalue weighted by Gasteiger charge is 2.22. The minimum atomic E-state index is -0.509. The summed E-state index contributed by atoms with van der Waals surface area (Å²) < 4.78 is 4.75. The van der Waals surface area contributed by atoms with Gasteiger partial charge in [-0.3, -0.25) is 10.5 Å². The number of hydrogen-bond acceptors (Lipinski definition) is 3. The van der Waals surface area contributed by atoms with Gasteiger partial charge in [-0.1, -0.05) is 20.8 Å². The predicted octanol–water partition coefficient (Wildman–Crippen LogP) is 0.880. The second-order valence-electron chi connectivity index (χ2n) is 3.40. The van der Waals surface area contributed by atoms with Crippen LogP contribution in [0.4, 0.5) is 0 Å². The molecule has 0 aliphatic rings. The van der Waals surface area contributed by atoms with Gasteiger partial charge < -0.3 is 4.74 Å². The summed E-state index contributed by atoms with van der Waals surface area (Å²) >= 11 is 0. The second kappa shape index (κ2) is 3.01. The van der Waals surface area contributed by atoms with Crippen molar-refractivity contribution in [3.8, 4) is 0 Å². The van der Waals surface area contributed by atoms with Gasteiger partial charge >= 0.3 is 5.97 Å². The molecule has 0 aromatic heterocycles. The Kier molecular flexibility index (Phi) is 2.84. The van der Waals surface area contributed by atoms with E-state index in [4.69, 9.17) is 10.5 Å². The van der Waals surface area contributed by atoms with Crippen LogP contribution < -0.4 is 5.73 Å². The maximum atomic E-state index is 10.4. The third-order valence-corrected chi connectivity index (χ3v) is 1.15. The van der Waals surface area contributed by atoms with E-state index in [0.29, 0.717) is 0 Å². The number of esters is 1. The van der Waals surface area contributed by atoms with Crippen molar-refractivity contribution >= 4 is 5.97 Å². The zero-order valence-corrected chi connectivity index (χ0v) is 6.97. The quantitative estimate of drug-likeness (QED) is 0.440. The maximum absolute atomic E-state index is 10.4. The SMILES string of the molecule is CC(=O)OC(N)C(C)(C)C. The molecule has 0 heterocycles. The Morgan fingerprint density at radius 2 is 1.90 bits per heavy atom. The van der Waals surface area contributed by atoms with Gasteiger partial charge in [0.2, 0.25) is 0 Å². The van der Waals surface area contributed by atoms with E-state index in [2.05, 4.69) is 0 Å². The molecule has 10 heavy (non-hydrogen) atoms. The Hall–Kier alpha value is -0.570. The Morgan fingerprint density at radius 1 is 1.50 bits per heavy atom. The van der Waals surface area contributed by atoms with Crippen LogP contribution in [0.3, 0.4) is 0 Å². The van der Waals surface area contributed by atoms with E-state index in [1.54, 1.807) is 0 Å². The maximum Gasteiger partial charge on any atom is 0.304 e. The highest BCUT2D eigenvalue weighted by atomic mass is 16.6. The van der Waals surface area contributed by atoms with Gasteiger partial charge in [0.25, 0.3) is 0 Å². The molecule has 0 fully saturated rings. The molecule has 1 atom stereocenters. The smallest absolute Gasteiger partial charge is 0.304 e. The van der Waals surface area contributed by atoms with Gasteiger partial charge in [-0.05, 0) is 0 Å². The van der Waals surface area contributed by atoms with Crippen molar-refractivity contribution in [3.63, 3.8) is 0 Å². The molecule has 3 nitrogen and oxygen atoms in total. The van der Waals surface area contributed by atoms with Crippen molar-refractivity contribution < 1.29 is 9.53 Å². The molecule has 0 amide bonds. The molecule has 0 spiro atoms.